The molecule has 0 atom stereocenters. The van der Waals surface area contributed by atoms with E-state index in [1.165, 1.54) is 23.1 Å². The minimum atomic E-state index is -0.633. The van der Waals surface area contributed by atoms with Gasteiger partial charge >= 0.3 is 0 Å². The molecular weight excluding hydrogens is 401 g/mol. The van der Waals surface area contributed by atoms with Gasteiger partial charge in [-0.1, -0.05) is 6.07 Å². The molecule has 4 rings (SSSR count). The number of rotatable bonds is 3. The second-order valence-corrected chi connectivity index (χ2v) is 8.34. The van der Waals surface area contributed by atoms with Crippen LogP contribution in [0, 0.1) is 19.7 Å². The zero-order valence-electron chi connectivity index (χ0n) is 17.9. The van der Waals surface area contributed by atoms with E-state index in [1.807, 2.05) is 27.7 Å². The van der Waals surface area contributed by atoms with E-state index in [4.69, 9.17) is 4.42 Å². The maximum absolute atomic E-state index is 13.5. The SMILES string of the molecule is Cc1cc(C(=O)N2CCN(C(=O)c3ncn(-c4cccc(F)c4)n3)C(C)(C)C2)oc1C. The maximum Gasteiger partial charge on any atom is 0.294 e. The summed E-state index contributed by atoms with van der Waals surface area (Å²) in [7, 11) is 0. The van der Waals surface area contributed by atoms with E-state index in [2.05, 4.69) is 10.1 Å². The molecule has 162 valence electrons. The van der Waals surface area contributed by atoms with E-state index in [0.717, 1.165) is 11.3 Å². The normalized spacial score (nSPS) is 15.9. The summed E-state index contributed by atoms with van der Waals surface area (Å²) >= 11 is 0. The number of furan rings is 1. The summed E-state index contributed by atoms with van der Waals surface area (Å²) in [6, 6.07) is 7.63. The molecule has 1 aliphatic heterocycles. The predicted molar refractivity (Wildman–Crippen MR) is 111 cm³/mol. The first kappa shape index (κ1) is 20.8. The molecule has 1 aliphatic rings. The van der Waals surface area contributed by atoms with Gasteiger partial charge in [-0.15, -0.1) is 5.10 Å². The van der Waals surface area contributed by atoms with Gasteiger partial charge < -0.3 is 14.2 Å². The number of carbonyl (C=O) groups is 2. The highest BCUT2D eigenvalue weighted by molar-refractivity contribution is 5.93. The number of halogens is 1. The molecule has 2 amide bonds. The van der Waals surface area contributed by atoms with Crippen LogP contribution in [0.3, 0.4) is 0 Å². The van der Waals surface area contributed by atoms with Crippen molar-refractivity contribution >= 4 is 11.8 Å². The number of carbonyl (C=O) groups excluding carboxylic acids is 2. The van der Waals surface area contributed by atoms with Crippen LogP contribution >= 0.6 is 0 Å². The number of amides is 2. The zero-order valence-corrected chi connectivity index (χ0v) is 17.9. The van der Waals surface area contributed by atoms with Crippen LogP contribution in [0.15, 0.2) is 41.1 Å². The number of hydrogen-bond acceptors (Lipinski definition) is 5. The summed E-state index contributed by atoms with van der Waals surface area (Å²) in [6.45, 7) is 8.57. The highest BCUT2D eigenvalue weighted by Gasteiger charge is 2.40. The minimum Gasteiger partial charge on any atom is -0.456 e. The Hall–Kier alpha value is -3.49. The first-order valence-electron chi connectivity index (χ1n) is 10.0. The number of aryl methyl sites for hydroxylation is 2. The molecule has 9 heteroatoms. The summed E-state index contributed by atoms with van der Waals surface area (Å²) in [4.78, 5) is 33.5. The lowest BCUT2D eigenvalue weighted by molar-refractivity contribution is 0.0149. The molecular formula is C22H24FN5O3. The average molecular weight is 425 g/mol. The van der Waals surface area contributed by atoms with Crippen LogP contribution in [0.4, 0.5) is 4.39 Å². The zero-order chi connectivity index (χ0) is 22.3. The van der Waals surface area contributed by atoms with Gasteiger partial charge in [-0.3, -0.25) is 9.59 Å². The highest BCUT2D eigenvalue weighted by atomic mass is 19.1. The van der Waals surface area contributed by atoms with Crippen LogP contribution in [-0.4, -0.2) is 61.6 Å². The van der Waals surface area contributed by atoms with Crippen molar-refractivity contribution in [2.45, 2.75) is 33.2 Å². The summed E-state index contributed by atoms with van der Waals surface area (Å²) in [5.74, 6) is 0.124. The summed E-state index contributed by atoms with van der Waals surface area (Å²) in [5.41, 5.74) is 0.771. The smallest absolute Gasteiger partial charge is 0.294 e. The molecule has 0 radical (unpaired) electrons. The van der Waals surface area contributed by atoms with Crippen LogP contribution in [0.25, 0.3) is 5.69 Å². The summed E-state index contributed by atoms with van der Waals surface area (Å²) in [5, 5.41) is 4.23. The van der Waals surface area contributed by atoms with Crippen LogP contribution < -0.4 is 0 Å². The molecule has 31 heavy (non-hydrogen) atoms. The lowest BCUT2D eigenvalue weighted by Crippen LogP contribution is -2.62. The molecule has 0 spiro atoms. The van der Waals surface area contributed by atoms with Gasteiger partial charge in [0.15, 0.2) is 5.76 Å². The lowest BCUT2D eigenvalue weighted by Gasteiger charge is -2.46. The van der Waals surface area contributed by atoms with Crippen LogP contribution in [0.1, 0.15) is 46.3 Å². The third kappa shape index (κ3) is 3.95. The Labute approximate surface area is 179 Å². The molecule has 1 aromatic carbocycles. The van der Waals surface area contributed by atoms with E-state index in [0.29, 0.717) is 31.1 Å². The fourth-order valence-electron chi connectivity index (χ4n) is 3.76. The minimum absolute atomic E-state index is 0.0226. The fourth-order valence-corrected chi connectivity index (χ4v) is 3.76. The Morgan fingerprint density at radius 3 is 2.55 bits per heavy atom. The van der Waals surface area contributed by atoms with E-state index < -0.39 is 11.4 Å². The first-order chi connectivity index (χ1) is 14.7. The Bertz CT molecular complexity index is 1130. The third-order valence-electron chi connectivity index (χ3n) is 5.57. The van der Waals surface area contributed by atoms with E-state index in [9.17, 15) is 14.0 Å². The second-order valence-electron chi connectivity index (χ2n) is 8.34. The van der Waals surface area contributed by atoms with Gasteiger partial charge in [0.05, 0.1) is 11.2 Å². The molecule has 1 saturated heterocycles. The standard InChI is InChI=1S/C22H24FN5O3/c1-14-10-18(31-15(14)2)20(29)26-8-9-27(22(3,4)12-26)21(30)19-24-13-28(25-19)17-7-5-6-16(23)11-17/h5-7,10-11,13H,8-9,12H2,1-4H3. The number of nitrogens with zero attached hydrogens (tertiary/aromatic N) is 5. The largest absolute Gasteiger partial charge is 0.456 e. The summed E-state index contributed by atoms with van der Waals surface area (Å²) in [6.07, 6.45) is 1.39. The lowest BCUT2D eigenvalue weighted by atomic mass is 9.98. The van der Waals surface area contributed by atoms with E-state index in [1.54, 1.807) is 28.0 Å². The molecule has 2 aromatic heterocycles. The number of benzene rings is 1. The van der Waals surface area contributed by atoms with Gasteiger partial charge in [-0.25, -0.2) is 14.1 Å². The van der Waals surface area contributed by atoms with Crippen LogP contribution in [-0.2, 0) is 0 Å². The van der Waals surface area contributed by atoms with Gasteiger partial charge in [0.25, 0.3) is 11.8 Å². The molecule has 0 bridgehead atoms. The molecule has 0 N–H and O–H groups in total. The van der Waals surface area contributed by atoms with E-state index in [-0.39, 0.29) is 17.6 Å². The van der Waals surface area contributed by atoms with Crippen molar-refractivity contribution in [3.05, 3.63) is 65.4 Å². The van der Waals surface area contributed by atoms with Crippen molar-refractivity contribution in [3.8, 4) is 5.69 Å². The van der Waals surface area contributed by atoms with E-state index >= 15 is 0 Å². The molecule has 0 unspecified atom stereocenters. The quantitative estimate of drug-likeness (QED) is 0.644. The third-order valence-corrected chi connectivity index (χ3v) is 5.57. The van der Waals surface area contributed by atoms with Crippen molar-refractivity contribution in [3.63, 3.8) is 0 Å². The molecule has 3 heterocycles. The molecule has 0 aliphatic carbocycles. The fraction of sp³-hybridized carbons (Fsp3) is 0.364. The Balaban J connectivity index is 1.50. The molecule has 3 aromatic rings. The molecule has 8 nitrogen and oxygen atoms in total. The monoisotopic (exact) mass is 425 g/mol. The average Bonchev–Trinajstić information content (AvgIpc) is 3.33. The maximum atomic E-state index is 13.5. The van der Waals surface area contributed by atoms with Crippen molar-refractivity contribution in [1.29, 1.82) is 0 Å². The topological polar surface area (TPSA) is 84.5 Å². The Morgan fingerprint density at radius 2 is 1.90 bits per heavy atom. The van der Waals surface area contributed by atoms with Crippen molar-refractivity contribution < 1.29 is 18.4 Å². The van der Waals surface area contributed by atoms with Crippen molar-refractivity contribution in [1.82, 2.24) is 24.6 Å². The van der Waals surface area contributed by atoms with Crippen molar-refractivity contribution in [2.24, 2.45) is 0 Å². The molecule has 0 saturated carbocycles. The van der Waals surface area contributed by atoms with Gasteiger partial charge in [-0.2, -0.15) is 0 Å². The number of piperazine rings is 1. The predicted octanol–water partition coefficient (Wildman–Crippen LogP) is 2.99. The second kappa shape index (κ2) is 7.64. The van der Waals surface area contributed by atoms with Crippen LogP contribution in [0.5, 0.6) is 0 Å². The van der Waals surface area contributed by atoms with Crippen molar-refractivity contribution in [2.75, 3.05) is 19.6 Å². The Kier molecular flexibility index (Phi) is 5.12. The molecule has 1 fully saturated rings. The number of hydrogen-bond donors (Lipinski definition) is 0. The number of aromatic nitrogens is 3. The van der Waals surface area contributed by atoms with Crippen LogP contribution in [0.2, 0.25) is 0 Å². The van der Waals surface area contributed by atoms with Gasteiger partial charge in [0, 0.05) is 19.6 Å². The first-order valence-corrected chi connectivity index (χ1v) is 10.0. The summed E-state index contributed by atoms with van der Waals surface area (Å²) < 4.78 is 20.4. The van der Waals surface area contributed by atoms with Gasteiger partial charge in [0.1, 0.15) is 17.9 Å². The van der Waals surface area contributed by atoms with Gasteiger partial charge in [-0.05, 0) is 57.5 Å². The highest BCUT2D eigenvalue weighted by Crippen LogP contribution is 2.25. The Morgan fingerprint density at radius 1 is 1.13 bits per heavy atom. The van der Waals surface area contributed by atoms with Gasteiger partial charge in [0.2, 0.25) is 5.82 Å².